The molecule has 1 unspecified atom stereocenters. The van der Waals surface area contributed by atoms with Crippen LogP contribution in [0.2, 0.25) is 5.02 Å². The summed E-state index contributed by atoms with van der Waals surface area (Å²) in [6, 6.07) is 10.2. The third-order valence-corrected chi connectivity index (χ3v) is 5.85. The summed E-state index contributed by atoms with van der Waals surface area (Å²) >= 11 is 7.33. The monoisotopic (exact) mass is 427 g/mol. The normalized spacial score (nSPS) is 16.5. The van der Waals surface area contributed by atoms with E-state index in [-0.39, 0.29) is 12.2 Å². The van der Waals surface area contributed by atoms with Crippen LogP contribution in [-0.4, -0.2) is 22.1 Å². The second-order valence-corrected chi connectivity index (χ2v) is 7.92. The standard InChI is InChI=1S/C21H18ClN3O3S/c1-3-28-20(27)17-12(2)24-21-25(18(17)13-6-8-14(22)9-7-13)19(26)16(29-21)11-15-5-4-10-23-15/h4-11,18,23H,3H2,1-2H3. The number of allylic oxidation sites excluding steroid dienone is 1. The lowest BCUT2D eigenvalue weighted by Crippen LogP contribution is -2.39. The van der Waals surface area contributed by atoms with Crippen LogP contribution >= 0.6 is 22.9 Å². The maximum atomic E-state index is 13.3. The first-order valence-electron chi connectivity index (χ1n) is 9.08. The summed E-state index contributed by atoms with van der Waals surface area (Å²) in [5.74, 6) is -0.479. The molecule has 0 saturated heterocycles. The van der Waals surface area contributed by atoms with Gasteiger partial charge in [-0.2, -0.15) is 0 Å². The zero-order valence-electron chi connectivity index (χ0n) is 15.8. The highest BCUT2D eigenvalue weighted by atomic mass is 35.5. The number of carbonyl (C=O) groups excluding carboxylic acids is 1. The summed E-state index contributed by atoms with van der Waals surface area (Å²) in [5.41, 5.74) is 2.26. The molecule has 29 heavy (non-hydrogen) atoms. The van der Waals surface area contributed by atoms with Gasteiger partial charge in [0.1, 0.15) is 0 Å². The van der Waals surface area contributed by atoms with Gasteiger partial charge in [0.25, 0.3) is 5.56 Å². The molecule has 1 N–H and O–H groups in total. The quantitative estimate of drug-likeness (QED) is 0.650. The van der Waals surface area contributed by atoms with Crippen molar-refractivity contribution < 1.29 is 9.53 Å². The molecule has 148 valence electrons. The van der Waals surface area contributed by atoms with Gasteiger partial charge < -0.3 is 9.72 Å². The van der Waals surface area contributed by atoms with E-state index in [0.29, 0.717) is 25.6 Å². The molecule has 0 aliphatic carbocycles. The van der Waals surface area contributed by atoms with E-state index in [4.69, 9.17) is 16.3 Å². The number of nitrogens with zero attached hydrogens (tertiary/aromatic N) is 2. The molecular formula is C21H18ClN3O3S. The first kappa shape index (κ1) is 19.4. The fraction of sp³-hybridized carbons (Fsp3) is 0.190. The summed E-state index contributed by atoms with van der Waals surface area (Å²) in [4.78, 5) is 34.2. The van der Waals surface area contributed by atoms with Gasteiger partial charge in [-0.25, -0.2) is 9.79 Å². The highest BCUT2D eigenvalue weighted by Crippen LogP contribution is 2.31. The Hall–Kier alpha value is -2.90. The Kier molecular flexibility index (Phi) is 5.25. The molecule has 3 heterocycles. The Labute approximate surface area is 175 Å². The van der Waals surface area contributed by atoms with Crippen molar-refractivity contribution in [1.29, 1.82) is 0 Å². The second-order valence-electron chi connectivity index (χ2n) is 6.48. The molecule has 0 bridgehead atoms. The number of nitrogens with one attached hydrogen (secondary N) is 1. The number of carbonyl (C=O) groups is 1. The number of H-pyrrole nitrogens is 1. The number of benzene rings is 1. The fourth-order valence-electron chi connectivity index (χ4n) is 3.33. The molecule has 0 fully saturated rings. The van der Waals surface area contributed by atoms with Crippen molar-refractivity contribution in [2.24, 2.45) is 4.99 Å². The molecule has 3 aromatic rings. The molecular weight excluding hydrogens is 410 g/mol. The van der Waals surface area contributed by atoms with Gasteiger partial charge in [0.15, 0.2) is 4.80 Å². The zero-order chi connectivity index (χ0) is 20.5. The van der Waals surface area contributed by atoms with Gasteiger partial charge in [-0.1, -0.05) is 35.1 Å². The van der Waals surface area contributed by atoms with Gasteiger partial charge in [0.2, 0.25) is 0 Å². The van der Waals surface area contributed by atoms with Crippen LogP contribution in [0.15, 0.2) is 63.7 Å². The van der Waals surface area contributed by atoms with Crippen LogP contribution in [0.25, 0.3) is 6.08 Å². The van der Waals surface area contributed by atoms with E-state index in [9.17, 15) is 9.59 Å². The van der Waals surface area contributed by atoms with E-state index in [1.165, 1.54) is 11.3 Å². The third kappa shape index (κ3) is 3.59. The van der Waals surface area contributed by atoms with Crippen LogP contribution in [0.5, 0.6) is 0 Å². The molecule has 2 aromatic heterocycles. The van der Waals surface area contributed by atoms with Gasteiger partial charge in [-0.15, -0.1) is 0 Å². The lowest BCUT2D eigenvalue weighted by Gasteiger charge is -2.24. The summed E-state index contributed by atoms with van der Waals surface area (Å²) in [6.07, 6.45) is 3.58. The summed E-state index contributed by atoms with van der Waals surface area (Å²) in [7, 11) is 0. The number of esters is 1. The number of ether oxygens (including phenoxy) is 1. The van der Waals surface area contributed by atoms with Crippen molar-refractivity contribution in [3.8, 4) is 0 Å². The minimum atomic E-state index is -0.631. The average Bonchev–Trinajstić information content (AvgIpc) is 3.30. The molecule has 0 saturated carbocycles. The fourth-order valence-corrected chi connectivity index (χ4v) is 4.49. The van der Waals surface area contributed by atoms with Crippen molar-refractivity contribution in [2.75, 3.05) is 6.61 Å². The highest BCUT2D eigenvalue weighted by Gasteiger charge is 2.33. The van der Waals surface area contributed by atoms with Gasteiger partial charge in [0.05, 0.1) is 28.5 Å². The summed E-state index contributed by atoms with van der Waals surface area (Å²) in [5, 5.41) is 0.575. The van der Waals surface area contributed by atoms with E-state index in [0.717, 1.165) is 11.3 Å². The average molecular weight is 428 g/mol. The van der Waals surface area contributed by atoms with Crippen molar-refractivity contribution in [3.05, 3.63) is 89.8 Å². The molecule has 8 heteroatoms. The number of thiazole rings is 1. The highest BCUT2D eigenvalue weighted by molar-refractivity contribution is 7.07. The van der Waals surface area contributed by atoms with Gasteiger partial charge in [0, 0.05) is 16.9 Å². The smallest absolute Gasteiger partial charge is 0.338 e. The van der Waals surface area contributed by atoms with Crippen LogP contribution < -0.4 is 14.9 Å². The minimum Gasteiger partial charge on any atom is -0.463 e. The first-order valence-corrected chi connectivity index (χ1v) is 10.3. The molecule has 1 aromatic carbocycles. The molecule has 6 nitrogen and oxygen atoms in total. The van der Waals surface area contributed by atoms with Gasteiger partial charge >= 0.3 is 5.97 Å². The molecule has 1 aliphatic rings. The SMILES string of the molecule is CCOC(=O)C1=C(C)N=c2sc(=Cc3ccc[nH]3)c(=O)n2C1c1ccc(Cl)cc1. The predicted octanol–water partition coefficient (Wildman–Crippen LogP) is 2.78. The molecule has 0 spiro atoms. The van der Waals surface area contributed by atoms with E-state index in [1.54, 1.807) is 42.8 Å². The van der Waals surface area contributed by atoms with Crippen molar-refractivity contribution in [1.82, 2.24) is 9.55 Å². The third-order valence-electron chi connectivity index (χ3n) is 4.61. The second kappa shape index (κ2) is 7.85. The lowest BCUT2D eigenvalue weighted by molar-refractivity contribution is -0.139. The Balaban J connectivity index is 1.97. The molecule has 1 atom stereocenters. The maximum Gasteiger partial charge on any atom is 0.338 e. The zero-order valence-corrected chi connectivity index (χ0v) is 17.4. The number of fused-ring (bicyclic) bond motifs is 1. The van der Waals surface area contributed by atoms with E-state index >= 15 is 0 Å². The molecule has 4 rings (SSSR count). The van der Waals surface area contributed by atoms with E-state index in [1.807, 2.05) is 24.3 Å². The van der Waals surface area contributed by atoms with Crippen LogP contribution in [-0.2, 0) is 9.53 Å². The number of aromatic amines is 1. The maximum absolute atomic E-state index is 13.3. The van der Waals surface area contributed by atoms with Gasteiger partial charge in [-0.3, -0.25) is 9.36 Å². The number of hydrogen-bond acceptors (Lipinski definition) is 5. The van der Waals surface area contributed by atoms with E-state index in [2.05, 4.69) is 9.98 Å². The number of halogens is 1. The number of hydrogen-bond donors (Lipinski definition) is 1. The predicted molar refractivity (Wildman–Crippen MR) is 113 cm³/mol. The Morgan fingerprint density at radius 1 is 1.34 bits per heavy atom. The summed E-state index contributed by atoms with van der Waals surface area (Å²) < 4.78 is 7.35. The Morgan fingerprint density at radius 3 is 2.76 bits per heavy atom. The van der Waals surface area contributed by atoms with Crippen LogP contribution in [0.3, 0.4) is 0 Å². The van der Waals surface area contributed by atoms with E-state index < -0.39 is 12.0 Å². The topological polar surface area (TPSA) is 76.4 Å². The first-order chi connectivity index (χ1) is 14.0. The minimum absolute atomic E-state index is 0.211. The number of aromatic nitrogens is 2. The van der Waals surface area contributed by atoms with Crippen molar-refractivity contribution in [3.63, 3.8) is 0 Å². The summed E-state index contributed by atoms with van der Waals surface area (Å²) in [6.45, 7) is 3.74. The van der Waals surface area contributed by atoms with Crippen LogP contribution in [0.4, 0.5) is 0 Å². The lowest BCUT2D eigenvalue weighted by atomic mass is 9.96. The number of rotatable bonds is 4. The molecule has 1 aliphatic heterocycles. The molecule has 0 amide bonds. The Bertz CT molecular complexity index is 1270. The largest absolute Gasteiger partial charge is 0.463 e. The molecule has 0 radical (unpaired) electrons. The Morgan fingerprint density at radius 2 is 2.10 bits per heavy atom. The van der Waals surface area contributed by atoms with Crippen LogP contribution in [0.1, 0.15) is 31.1 Å². The van der Waals surface area contributed by atoms with Crippen molar-refractivity contribution >= 4 is 35.0 Å². The van der Waals surface area contributed by atoms with Crippen molar-refractivity contribution in [2.45, 2.75) is 19.9 Å². The van der Waals surface area contributed by atoms with Crippen LogP contribution in [0, 0.1) is 0 Å². The van der Waals surface area contributed by atoms with Gasteiger partial charge in [-0.05, 0) is 49.8 Å².